The normalized spacial score (nSPS) is 11.1. The van der Waals surface area contributed by atoms with Gasteiger partial charge in [0.25, 0.3) is 0 Å². The van der Waals surface area contributed by atoms with Gasteiger partial charge in [-0.1, -0.05) is 27.7 Å². The molecule has 3 nitrogen and oxygen atoms in total. The van der Waals surface area contributed by atoms with Crippen molar-refractivity contribution in [3.05, 3.63) is 50.7 Å². The van der Waals surface area contributed by atoms with Gasteiger partial charge in [-0.3, -0.25) is 4.79 Å². The maximum atomic E-state index is 13.2. The first-order valence-corrected chi connectivity index (χ1v) is 6.31. The third-order valence-electron chi connectivity index (χ3n) is 2.06. The molecule has 0 bridgehead atoms. The summed E-state index contributed by atoms with van der Waals surface area (Å²) in [5.74, 6) is -1.11. The Morgan fingerprint density at radius 3 is 2.78 bits per heavy atom. The Kier molecular flexibility index (Phi) is 4.06. The molecule has 7 heteroatoms. The van der Waals surface area contributed by atoms with Gasteiger partial charge in [-0.2, -0.15) is 0 Å². The summed E-state index contributed by atoms with van der Waals surface area (Å²) in [6, 6.07) is 2.21. The minimum Gasteiger partial charge on any atom is -0.289 e. The topological polar surface area (TPSA) is 42.9 Å². The number of carbonyl (C=O) groups is 1. The number of nitrogens with zero attached hydrogens (tertiary/aromatic N) is 2. The third-order valence-corrected chi connectivity index (χ3v) is 3.18. The molecule has 0 radical (unpaired) electrons. The minimum absolute atomic E-state index is 0.0537. The van der Waals surface area contributed by atoms with E-state index in [1.165, 1.54) is 29.8 Å². The van der Waals surface area contributed by atoms with E-state index in [9.17, 15) is 9.18 Å². The second kappa shape index (κ2) is 5.56. The summed E-state index contributed by atoms with van der Waals surface area (Å²) in [5.41, 5.74) is 0.608. The van der Waals surface area contributed by atoms with Crippen LogP contribution < -0.4 is 0 Å². The lowest BCUT2D eigenvalue weighted by atomic mass is 10.1. The quantitative estimate of drug-likeness (QED) is 0.491. The standard InChI is InChI=1S/C11H5Cl2FN2OS/c12-8-4-9(13)10(14)3-7(8)11(17)2-1-6-5-18-16-15-6/h1-5H/b2-1-. The van der Waals surface area contributed by atoms with E-state index in [4.69, 9.17) is 23.2 Å². The van der Waals surface area contributed by atoms with Gasteiger partial charge in [-0.25, -0.2) is 4.39 Å². The maximum Gasteiger partial charge on any atom is 0.187 e. The van der Waals surface area contributed by atoms with Gasteiger partial charge in [0, 0.05) is 10.9 Å². The van der Waals surface area contributed by atoms with Gasteiger partial charge >= 0.3 is 0 Å². The first kappa shape index (κ1) is 13.1. The van der Waals surface area contributed by atoms with Crippen molar-refractivity contribution < 1.29 is 9.18 Å². The molecule has 0 N–H and O–H groups in total. The van der Waals surface area contributed by atoms with Crippen LogP contribution in [0, 0.1) is 5.82 Å². The van der Waals surface area contributed by atoms with Crippen molar-refractivity contribution >= 4 is 46.6 Å². The number of rotatable bonds is 3. The number of ketones is 1. The molecule has 0 atom stereocenters. The summed E-state index contributed by atoms with van der Waals surface area (Å²) in [5, 5.41) is 5.39. The van der Waals surface area contributed by atoms with Gasteiger partial charge in [0.15, 0.2) is 5.78 Å². The number of hydrogen-bond acceptors (Lipinski definition) is 4. The predicted molar refractivity (Wildman–Crippen MR) is 69.7 cm³/mol. The molecule has 0 unspecified atom stereocenters. The Balaban J connectivity index is 2.27. The second-order valence-corrected chi connectivity index (χ2v) is 4.70. The van der Waals surface area contributed by atoms with Crippen molar-refractivity contribution in [1.29, 1.82) is 0 Å². The van der Waals surface area contributed by atoms with Gasteiger partial charge in [-0.05, 0) is 35.8 Å². The molecule has 92 valence electrons. The van der Waals surface area contributed by atoms with Crippen molar-refractivity contribution in [2.24, 2.45) is 0 Å². The first-order chi connectivity index (χ1) is 8.58. The molecular formula is C11H5Cl2FN2OS. The van der Waals surface area contributed by atoms with Crippen LogP contribution in [0.3, 0.4) is 0 Å². The third kappa shape index (κ3) is 2.93. The highest BCUT2D eigenvalue weighted by molar-refractivity contribution is 7.03. The average molecular weight is 303 g/mol. The molecule has 2 rings (SSSR count). The highest BCUT2D eigenvalue weighted by atomic mass is 35.5. The molecule has 18 heavy (non-hydrogen) atoms. The second-order valence-electron chi connectivity index (χ2n) is 3.27. The maximum absolute atomic E-state index is 13.2. The molecule has 0 aliphatic heterocycles. The number of aromatic nitrogens is 2. The summed E-state index contributed by atoms with van der Waals surface area (Å²) >= 11 is 12.5. The van der Waals surface area contributed by atoms with Crippen LogP contribution in [0.4, 0.5) is 4.39 Å². The smallest absolute Gasteiger partial charge is 0.187 e. The fourth-order valence-electron chi connectivity index (χ4n) is 1.21. The summed E-state index contributed by atoms with van der Waals surface area (Å²) < 4.78 is 16.9. The number of carbonyl (C=O) groups excluding carboxylic acids is 1. The number of hydrogen-bond donors (Lipinski definition) is 0. The fraction of sp³-hybridized carbons (Fsp3) is 0. The van der Waals surface area contributed by atoms with Gasteiger partial charge in [0.1, 0.15) is 5.82 Å². The van der Waals surface area contributed by atoms with Crippen molar-refractivity contribution in [2.75, 3.05) is 0 Å². The molecule has 1 heterocycles. The van der Waals surface area contributed by atoms with Crippen LogP contribution in [0.2, 0.25) is 10.0 Å². The highest BCUT2D eigenvalue weighted by Crippen LogP contribution is 2.25. The Hall–Kier alpha value is -1.30. The SMILES string of the molecule is O=C(/C=C\c1csnn1)c1cc(F)c(Cl)cc1Cl. The van der Waals surface area contributed by atoms with Crippen molar-refractivity contribution in [3.63, 3.8) is 0 Å². The van der Waals surface area contributed by atoms with Gasteiger partial charge in [0.2, 0.25) is 0 Å². The van der Waals surface area contributed by atoms with Crippen molar-refractivity contribution in [3.8, 4) is 0 Å². The van der Waals surface area contributed by atoms with Crippen LogP contribution >= 0.6 is 34.7 Å². The van der Waals surface area contributed by atoms with E-state index < -0.39 is 11.6 Å². The van der Waals surface area contributed by atoms with Crippen LogP contribution in [-0.2, 0) is 0 Å². The Bertz CT molecular complexity index is 614. The van der Waals surface area contributed by atoms with Crippen molar-refractivity contribution in [1.82, 2.24) is 9.59 Å². The Morgan fingerprint density at radius 1 is 1.33 bits per heavy atom. The van der Waals surface area contributed by atoms with Gasteiger partial charge in [0.05, 0.1) is 15.7 Å². The molecule has 2 aromatic rings. The van der Waals surface area contributed by atoms with E-state index in [-0.39, 0.29) is 15.6 Å². The summed E-state index contributed by atoms with van der Waals surface area (Å²) in [6.45, 7) is 0. The average Bonchev–Trinajstić information content (AvgIpc) is 2.84. The zero-order valence-electron chi connectivity index (χ0n) is 8.73. The molecular weight excluding hydrogens is 298 g/mol. The summed E-state index contributed by atoms with van der Waals surface area (Å²) in [7, 11) is 0. The lowest BCUT2D eigenvalue weighted by molar-refractivity contribution is 0.104. The number of halogens is 3. The molecule has 0 aliphatic rings. The van der Waals surface area contributed by atoms with Crippen LogP contribution in [0.1, 0.15) is 16.1 Å². The van der Waals surface area contributed by atoms with Crippen LogP contribution in [0.15, 0.2) is 23.6 Å². The number of benzene rings is 1. The Labute approximate surface area is 116 Å². The van der Waals surface area contributed by atoms with Gasteiger partial charge < -0.3 is 0 Å². The number of allylic oxidation sites excluding steroid dienone is 1. The molecule has 0 amide bonds. The summed E-state index contributed by atoms with van der Waals surface area (Å²) in [4.78, 5) is 11.8. The molecule has 0 spiro atoms. The molecule has 0 fully saturated rings. The zero-order chi connectivity index (χ0) is 13.1. The van der Waals surface area contributed by atoms with E-state index in [1.807, 2.05) is 0 Å². The Morgan fingerprint density at radius 2 is 2.11 bits per heavy atom. The largest absolute Gasteiger partial charge is 0.289 e. The van der Waals surface area contributed by atoms with Crippen LogP contribution in [-0.4, -0.2) is 15.4 Å². The summed E-state index contributed by atoms with van der Waals surface area (Å²) in [6.07, 6.45) is 2.74. The van der Waals surface area contributed by atoms with E-state index in [0.29, 0.717) is 5.69 Å². The van der Waals surface area contributed by atoms with E-state index in [1.54, 1.807) is 5.38 Å². The monoisotopic (exact) mass is 302 g/mol. The van der Waals surface area contributed by atoms with Crippen LogP contribution in [0.25, 0.3) is 6.08 Å². The van der Waals surface area contributed by atoms with Crippen LogP contribution in [0.5, 0.6) is 0 Å². The van der Waals surface area contributed by atoms with E-state index in [2.05, 4.69) is 9.59 Å². The molecule has 1 aromatic carbocycles. The highest BCUT2D eigenvalue weighted by Gasteiger charge is 2.12. The molecule has 0 saturated carbocycles. The fourth-order valence-corrected chi connectivity index (χ4v) is 2.11. The lowest BCUT2D eigenvalue weighted by Crippen LogP contribution is -1.97. The zero-order valence-corrected chi connectivity index (χ0v) is 11.1. The van der Waals surface area contributed by atoms with Gasteiger partial charge in [-0.15, -0.1) is 5.10 Å². The first-order valence-electron chi connectivity index (χ1n) is 4.72. The van der Waals surface area contributed by atoms with E-state index in [0.717, 1.165) is 6.07 Å². The van der Waals surface area contributed by atoms with E-state index >= 15 is 0 Å². The lowest BCUT2D eigenvalue weighted by Gasteiger charge is -2.01. The van der Waals surface area contributed by atoms with Crippen molar-refractivity contribution in [2.45, 2.75) is 0 Å². The predicted octanol–water partition coefficient (Wildman–Crippen LogP) is 3.88. The minimum atomic E-state index is -0.687. The molecule has 1 aromatic heterocycles. The molecule has 0 saturated heterocycles. The molecule has 0 aliphatic carbocycles.